The Kier molecular flexibility index (Phi) is 4.34. The fourth-order valence-electron chi connectivity index (χ4n) is 2.74. The van der Waals surface area contributed by atoms with Crippen molar-refractivity contribution in [3.63, 3.8) is 0 Å². The number of sulfone groups is 1. The molecule has 1 fully saturated rings. The minimum Gasteiger partial charge on any atom is -0.486 e. The molecule has 1 N–H and O–H groups in total. The van der Waals surface area contributed by atoms with Gasteiger partial charge in [0.15, 0.2) is 21.3 Å². The highest BCUT2D eigenvalue weighted by molar-refractivity contribution is 7.91. The number of ether oxygens (including phenoxy) is 2. The summed E-state index contributed by atoms with van der Waals surface area (Å²) in [6.45, 7) is 1.15. The molecule has 7 nitrogen and oxygen atoms in total. The van der Waals surface area contributed by atoms with Gasteiger partial charge in [-0.3, -0.25) is 4.79 Å². The van der Waals surface area contributed by atoms with Gasteiger partial charge in [-0.1, -0.05) is 0 Å². The van der Waals surface area contributed by atoms with E-state index in [9.17, 15) is 13.2 Å². The van der Waals surface area contributed by atoms with Crippen LogP contribution < -0.4 is 14.8 Å². The lowest BCUT2D eigenvalue weighted by molar-refractivity contribution is -0.129. The smallest absolute Gasteiger partial charge is 0.241 e. The molecule has 0 saturated carbocycles. The summed E-state index contributed by atoms with van der Waals surface area (Å²) >= 11 is 0. The molecule has 1 atom stereocenters. The van der Waals surface area contributed by atoms with Gasteiger partial charge in [0.25, 0.3) is 0 Å². The molecular formula is C15H20N2O5S. The number of carbonyl (C=O) groups excluding carboxylic acids is 1. The summed E-state index contributed by atoms with van der Waals surface area (Å²) in [5.74, 6) is 1.43. The fraction of sp³-hybridized carbons (Fsp3) is 0.533. The van der Waals surface area contributed by atoms with Crippen molar-refractivity contribution in [1.29, 1.82) is 0 Å². The van der Waals surface area contributed by atoms with E-state index < -0.39 is 9.84 Å². The Bertz CT molecular complexity index is 704. The van der Waals surface area contributed by atoms with Crippen LogP contribution >= 0.6 is 0 Å². The normalized spacial score (nSPS) is 21.7. The summed E-state index contributed by atoms with van der Waals surface area (Å²) in [6, 6.07) is 5.19. The third kappa shape index (κ3) is 3.69. The first-order valence-corrected chi connectivity index (χ1v) is 9.36. The SMILES string of the molecule is CN(C(=O)CNc1ccc2c(c1)OCCO2)C1CCS(=O)(=O)C1. The lowest BCUT2D eigenvalue weighted by Crippen LogP contribution is -2.40. The van der Waals surface area contributed by atoms with Crippen molar-refractivity contribution < 1.29 is 22.7 Å². The second kappa shape index (κ2) is 6.27. The molecule has 1 aromatic carbocycles. The molecule has 1 saturated heterocycles. The van der Waals surface area contributed by atoms with E-state index in [4.69, 9.17) is 9.47 Å². The average Bonchev–Trinajstić information content (AvgIpc) is 2.91. The van der Waals surface area contributed by atoms with E-state index in [1.807, 2.05) is 6.07 Å². The Morgan fingerprint density at radius 1 is 1.30 bits per heavy atom. The van der Waals surface area contributed by atoms with E-state index in [0.29, 0.717) is 31.1 Å². The van der Waals surface area contributed by atoms with Crippen molar-refractivity contribution in [2.24, 2.45) is 0 Å². The van der Waals surface area contributed by atoms with Crippen LogP contribution in [0.25, 0.3) is 0 Å². The molecule has 2 heterocycles. The predicted octanol–water partition coefficient (Wildman–Crippen LogP) is 0.515. The zero-order valence-corrected chi connectivity index (χ0v) is 13.8. The van der Waals surface area contributed by atoms with E-state index in [1.54, 1.807) is 19.2 Å². The van der Waals surface area contributed by atoms with Crippen LogP contribution in [0, 0.1) is 0 Å². The second-order valence-electron chi connectivity index (χ2n) is 5.77. The maximum atomic E-state index is 12.2. The molecule has 0 radical (unpaired) electrons. The highest BCUT2D eigenvalue weighted by atomic mass is 32.2. The summed E-state index contributed by atoms with van der Waals surface area (Å²) in [5, 5.41) is 3.04. The van der Waals surface area contributed by atoms with Crippen molar-refractivity contribution in [2.75, 3.05) is 43.6 Å². The van der Waals surface area contributed by atoms with Gasteiger partial charge in [-0.15, -0.1) is 0 Å². The van der Waals surface area contributed by atoms with E-state index >= 15 is 0 Å². The number of nitrogens with zero attached hydrogens (tertiary/aromatic N) is 1. The third-order valence-electron chi connectivity index (χ3n) is 4.14. The number of carbonyl (C=O) groups is 1. The zero-order chi connectivity index (χ0) is 16.4. The van der Waals surface area contributed by atoms with Gasteiger partial charge in [0, 0.05) is 24.8 Å². The summed E-state index contributed by atoms with van der Waals surface area (Å²) in [7, 11) is -1.34. The van der Waals surface area contributed by atoms with Gasteiger partial charge in [0.1, 0.15) is 13.2 Å². The summed E-state index contributed by atoms with van der Waals surface area (Å²) < 4.78 is 33.9. The van der Waals surface area contributed by atoms with Gasteiger partial charge in [-0.05, 0) is 18.6 Å². The molecular weight excluding hydrogens is 320 g/mol. The fourth-order valence-corrected chi connectivity index (χ4v) is 4.51. The minimum atomic E-state index is -3.00. The summed E-state index contributed by atoms with van der Waals surface area (Å²) in [5.41, 5.74) is 0.759. The standard InChI is InChI=1S/C15H20N2O5S/c1-17(12-4-7-23(19,20)10-12)15(18)9-16-11-2-3-13-14(8-11)22-6-5-21-13/h2-3,8,12,16H,4-7,9-10H2,1H3. The van der Waals surface area contributed by atoms with Crippen LogP contribution in [0.3, 0.4) is 0 Å². The van der Waals surface area contributed by atoms with Crippen LogP contribution in [0.4, 0.5) is 5.69 Å². The second-order valence-corrected chi connectivity index (χ2v) is 8.00. The predicted molar refractivity (Wildman–Crippen MR) is 85.8 cm³/mol. The van der Waals surface area contributed by atoms with E-state index in [1.165, 1.54) is 4.90 Å². The molecule has 126 valence electrons. The topological polar surface area (TPSA) is 84.9 Å². The van der Waals surface area contributed by atoms with Gasteiger partial charge in [0.2, 0.25) is 5.91 Å². The largest absolute Gasteiger partial charge is 0.486 e. The Hall–Kier alpha value is -1.96. The molecule has 2 aliphatic rings. The van der Waals surface area contributed by atoms with Crippen LogP contribution in [0.15, 0.2) is 18.2 Å². The molecule has 3 rings (SSSR count). The minimum absolute atomic E-state index is 0.0548. The van der Waals surface area contributed by atoms with Gasteiger partial charge in [-0.25, -0.2) is 8.42 Å². The molecule has 2 aliphatic heterocycles. The average molecular weight is 340 g/mol. The summed E-state index contributed by atoms with van der Waals surface area (Å²) in [6.07, 6.45) is 0.509. The van der Waals surface area contributed by atoms with E-state index in [-0.39, 0.29) is 30.0 Å². The molecule has 0 spiro atoms. The number of likely N-dealkylation sites (N-methyl/N-ethyl adjacent to an activating group) is 1. The Morgan fingerprint density at radius 3 is 2.74 bits per heavy atom. The van der Waals surface area contributed by atoms with Gasteiger partial charge < -0.3 is 19.7 Å². The number of hydrogen-bond acceptors (Lipinski definition) is 6. The molecule has 8 heteroatoms. The van der Waals surface area contributed by atoms with Gasteiger partial charge >= 0.3 is 0 Å². The van der Waals surface area contributed by atoms with E-state index in [2.05, 4.69) is 5.32 Å². The number of anilines is 1. The highest BCUT2D eigenvalue weighted by Gasteiger charge is 2.32. The molecule has 1 aromatic rings. The number of rotatable bonds is 4. The Balaban J connectivity index is 1.56. The van der Waals surface area contributed by atoms with Gasteiger partial charge in [0.05, 0.1) is 18.1 Å². The molecule has 1 amide bonds. The zero-order valence-electron chi connectivity index (χ0n) is 12.9. The first kappa shape index (κ1) is 15.9. The Morgan fingerprint density at radius 2 is 2.04 bits per heavy atom. The number of nitrogens with one attached hydrogen (secondary N) is 1. The highest BCUT2D eigenvalue weighted by Crippen LogP contribution is 2.32. The quantitative estimate of drug-likeness (QED) is 0.860. The van der Waals surface area contributed by atoms with E-state index in [0.717, 1.165) is 5.69 Å². The molecule has 1 unspecified atom stereocenters. The third-order valence-corrected chi connectivity index (χ3v) is 5.89. The lowest BCUT2D eigenvalue weighted by Gasteiger charge is -2.24. The van der Waals surface area contributed by atoms with Gasteiger partial charge in [-0.2, -0.15) is 0 Å². The molecule has 0 aliphatic carbocycles. The maximum Gasteiger partial charge on any atom is 0.241 e. The van der Waals surface area contributed by atoms with Crippen molar-refractivity contribution in [2.45, 2.75) is 12.5 Å². The van der Waals surface area contributed by atoms with Crippen LogP contribution in [0.2, 0.25) is 0 Å². The monoisotopic (exact) mass is 340 g/mol. The van der Waals surface area contributed by atoms with Crippen molar-refractivity contribution in [1.82, 2.24) is 4.90 Å². The number of hydrogen-bond donors (Lipinski definition) is 1. The van der Waals surface area contributed by atoms with Crippen LogP contribution in [0.5, 0.6) is 11.5 Å². The van der Waals surface area contributed by atoms with Crippen LogP contribution in [0.1, 0.15) is 6.42 Å². The number of benzene rings is 1. The Labute approximate surface area is 135 Å². The van der Waals surface area contributed by atoms with Crippen molar-refractivity contribution in [3.05, 3.63) is 18.2 Å². The first-order chi connectivity index (χ1) is 10.9. The number of amides is 1. The molecule has 0 bridgehead atoms. The molecule has 0 aromatic heterocycles. The molecule has 23 heavy (non-hydrogen) atoms. The lowest BCUT2D eigenvalue weighted by atomic mass is 10.2. The van der Waals surface area contributed by atoms with Crippen molar-refractivity contribution >= 4 is 21.4 Å². The maximum absolute atomic E-state index is 12.2. The first-order valence-electron chi connectivity index (χ1n) is 7.54. The summed E-state index contributed by atoms with van der Waals surface area (Å²) in [4.78, 5) is 13.7. The van der Waals surface area contributed by atoms with Crippen LogP contribution in [-0.2, 0) is 14.6 Å². The van der Waals surface area contributed by atoms with Crippen LogP contribution in [-0.4, -0.2) is 63.6 Å². The number of fused-ring (bicyclic) bond motifs is 1. The van der Waals surface area contributed by atoms with Crippen molar-refractivity contribution in [3.8, 4) is 11.5 Å².